The molecule has 0 aliphatic rings. The van der Waals surface area contributed by atoms with Crippen molar-refractivity contribution in [2.45, 2.75) is 195 Å². The Labute approximate surface area is 293 Å². The van der Waals surface area contributed by atoms with Gasteiger partial charge >= 0.3 is 23.9 Å². The zero-order valence-electron chi connectivity index (χ0n) is 31.3. The van der Waals surface area contributed by atoms with Crippen molar-refractivity contribution >= 4 is 23.9 Å². The fourth-order valence-corrected chi connectivity index (χ4v) is 5.24. The molecule has 0 spiro atoms. The summed E-state index contributed by atoms with van der Waals surface area (Å²) < 4.78 is 10.5. The van der Waals surface area contributed by atoms with Gasteiger partial charge in [0.05, 0.1) is 13.2 Å². The van der Waals surface area contributed by atoms with Crippen molar-refractivity contribution in [3.8, 4) is 0 Å². The summed E-state index contributed by atoms with van der Waals surface area (Å²) in [6.07, 6.45) is 29.9. The molecule has 2 N–H and O–H groups in total. The van der Waals surface area contributed by atoms with Crippen LogP contribution in [0.3, 0.4) is 0 Å². The largest absolute Gasteiger partial charge is 0.478 e. The van der Waals surface area contributed by atoms with Gasteiger partial charge in [-0.3, -0.25) is 0 Å². The molecule has 0 amide bonds. The van der Waals surface area contributed by atoms with Gasteiger partial charge in [-0.05, 0) is 38.5 Å². The number of carboxylic acid groups (broad SMARTS) is 2. The van der Waals surface area contributed by atoms with Gasteiger partial charge in [0.25, 0.3) is 0 Å². The number of ether oxygens (including phenoxy) is 2. The predicted octanol–water partition coefficient (Wildman–Crippen LogP) is 11.3. The predicted molar refractivity (Wildman–Crippen MR) is 196 cm³/mol. The summed E-state index contributed by atoms with van der Waals surface area (Å²) in [7, 11) is 0. The highest BCUT2D eigenvalue weighted by molar-refractivity contribution is 5.96. The van der Waals surface area contributed by atoms with E-state index >= 15 is 0 Å². The maximum atomic E-state index is 12.0. The molecule has 0 saturated carbocycles. The number of unbranched alkanes of at least 4 members (excludes halogenated alkanes) is 20. The first-order chi connectivity index (χ1) is 23.2. The first-order valence-corrected chi connectivity index (χ1v) is 19.4. The molecule has 8 heteroatoms. The number of aliphatic carboxylic acids is 2. The van der Waals surface area contributed by atoms with E-state index in [2.05, 4.69) is 27.7 Å². The molecule has 0 aromatic heterocycles. The first kappa shape index (κ1) is 47.5. The van der Waals surface area contributed by atoms with Gasteiger partial charge in [0.2, 0.25) is 0 Å². The summed E-state index contributed by atoms with van der Waals surface area (Å²) in [4.78, 5) is 45.8. The maximum absolute atomic E-state index is 12.0. The summed E-state index contributed by atoms with van der Waals surface area (Å²) in [5.41, 5.74) is 0.591. The Bertz CT molecular complexity index is 791. The molecule has 0 radical (unpaired) electrons. The van der Waals surface area contributed by atoms with E-state index in [4.69, 9.17) is 19.7 Å². The van der Waals surface area contributed by atoms with Gasteiger partial charge in [-0.25, -0.2) is 19.2 Å². The Kier molecular flexibility index (Phi) is 36.8. The van der Waals surface area contributed by atoms with E-state index in [1.807, 2.05) is 0 Å². The molecule has 280 valence electrons. The molecular weight excluding hydrogens is 608 g/mol. The second kappa shape index (κ2) is 37.2. The van der Waals surface area contributed by atoms with Gasteiger partial charge in [0.1, 0.15) is 0 Å². The van der Waals surface area contributed by atoms with Crippen molar-refractivity contribution in [2.24, 2.45) is 0 Å². The molecule has 8 nitrogen and oxygen atoms in total. The minimum absolute atomic E-state index is 0.295. The number of hydrogen-bond acceptors (Lipinski definition) is 6. The molecule has 0 fully saturated rings. The standard InChI is InChI=1S/2C20H36O4/c2*1-3-5-7-9-11-13-15-18(17-19(21)22)20(23)24-16-14-12-10-8-6-4-2/h2*17H,3-16H2,1-2H3,(H,21,22)/b2*18-17-. The Hall–Kier alpha value is -2.64. The van der Waals surface area contributed by atoms with Crippen LogP contribution in [0, 0.1) is 0 Å². The second-order valence-electron chi connectivity index (χ2n) is 12.9. The van der Waals surface area contributed by atoms with Crippen LogP contribution >= 0.6 is 0 Å². The number of carbonyl (C=O) groups excluding carboxylic acids is 2. The summed E-state index contributed by atoms with van der Waals surface area (Å²) in [6.45, 7) is 9.49. The molecule has 0 atom stereocenters. The average Bonchev–Trinajstić information content (AvgIpc) is 3.05. The fraction of sp³-hybridized carbons (Fsp3) is 0.800. The van der Waals surface area contributed by atoms with Crippen LogP contribution in [0.15, 0.2) is 23.3 Å². The van der Waals surface area contributed by atoms with Gasteiger partial charge in [-0.15, -0.1) is 0 Å². The van der Waals surface area contributed by atoms with Crippen LogP contribution < -0.4 is 0 Å². The lowest BCUT2D eigenvalue weighted by Gasteiger charge is -2.08. The third kappa shape index (κ3) is 34.7. The van der Waals surface area contributed by atoms with Crippen LogP contribution in [0.4, 0.5) is 0 Å². The van der Waals surface area contributed by atoms with Crippen LogP contribution in [0.25, 0.3) is 0 Å². The number of carboxylic acids is 2. The summed E-state index contributed by atoms with van der Waals surface area (Å²) in [5, 5.41) is 17.8. The van der Waals surface area contributed by atoms with E-state index in [0.29, 0.717) is 37.2 Å². The van der Waals surface area contributed by atoms with E-state index < -0.39 is 23.9 Å². The van der Waals surface area contributed by atoms with E-state index in [1.54, 1.807) is 0 Å². The highest BCUT2D eigenvalue weighted by Gasteiger charge is 2.14. The van der Waals surface area contributed by atoms with Crippen LogP contribution in [-0.4, -0.2) is 47.3 Å². The van der Waals surface area contributed by atoms with E-state index in [1.165, 1.54) is 89.9 Å². The molecule has 0 aliphatic heterocycles. The Balaban J connectivity index is 0. The molecule has 0 aliphatic carbocycles. The maximum Gasteiger partial charge on any atom is 0.334 e. The molecule has 0 rings (SSSR count). The molecule has 0 aromatic carbocycles. The monoisotopic (exact) mass is 681 g/mol. The number of esters is 2. The topological polar surface area (TPSA) is 127 Å². The Morgan fingerprint density at radius 1 is 0.396 bits per heavy atom. The lowest BCUT2D eigenvalue weighted by atomic mass is 10.0. The minimum Gasteiger partial charge on any atom is -0.478 e. The molecule has 48 heavy (non-hydrogen) atoms. The smallest absolute Gasteiger partial charge is 0.334 e. The Morgan fingerprint density at radius 2 is 0.646 bits per heavy atom. The molecule has 0 bridgehead atoms. The molecule has 0 aromatic rings. The summed E-state index contributed by atoms with van der Waals surface area (Å²) in [6, 6.07) is 0. The van der Waals surface area contributed by atoms with Gasteiger partial charge in [-0.2, -0.15) is 0 Å². The van der Waals surface area contributed by atoms with E-state index in [-0.39, 0.29) is 0 Å². The molecule has 0 unspecified atom stereocenters. The van der Waals surface area contributed by atoms with Crippen LogP contribution in [0.5, 0.6) is 0 Å². The lowest BCUT2D eigenvalue weighted by Crippen LogP contribution is -2.11. The number of rotatable bonds is 32. The van der Waals surface area contributed by atoms with Crippen molar-refractivity contribution in [3.63, 3.8) is 0 Å². The van der Waals surface area contributed by atoms with Gasteiger partial charge in [0.15, 0.2) is 0 Å². The fourth-order valence-electron chi connectivity index (χ4n) is 5.24. The third-order valence-electron chi connectivity index (χ3n) is 8.18. The second-order valence-corrected chi connectivity index (χ2v) is 12.9. The van der Waals surface area contributed by atoms with Crippen molar-refractivity contribution < 1.29 is 38.9 Å². The molecule has 0 heterocycles. The third-order valence-corrected chi connectivity index (χ3v) is 8.18. The average molecular weight is 681 g/mol. The molecular formula is C40H72O8. The summed E-state index contributed by atoms with van der Waals surface area (Å²) >= 11 is 0. The highest BCUT2D eigenvalue weighted by atomic mass is 16.5. The first-order valence-electron chi connectivity index (χ1n) is 19.4. The van der Waals surface area contributed by atoms with Gasteiger partial charge in [-0.1, -0.05) is 156 Å². The highest BCUT2D eigenvalue weighted by Crippen LogP contribution is 2.15. The van der Waals surface area contributed by atoms with Crippen molar-refractivity contribution in [2.75, 3.05) is 13.2 Å². The zero-order valence-corrected chi connectivity index (χ0v) is 31.3. The van der Waals surface area contributed by atoms with Crippen molar-refractivity contribution in [3.05, 3.63) is 23.3 Å². The van der Waals surface area contributed by atoms with E-state index in [0.717, 1.165) is 76.4 Å². The summed E-state index contributed by atoms with van der Waals surface area (Å²) in [5.74, 6) is -3.07. The van der Waals surface area contributed by atoms with Crippen LogP contribution in [0.1, 0.15) is 195 Å². The van der Waals surface area contributed by atoms with Gasteiger partial charge < -0.3 is 19.7 Å². The molecule has 0 saturated heterocycles. The van der Waals surface area contributed by atoms with Crippen molar-refractivity contribution in [1.29, 1.82) is 0 Å². The Morgan fingerprint density at radius 3 is 0.917 bits per heavy atom. The van der Waals surface area contributed by atoms with Crippen molar-refractivity contribution in [1.82, 2.24) is 0 Å². The van der Waals surface area contributed by atoms with Gasteiger partial charge in [0, 0.05) is 23.3 Å². The number of hydrogen-bond donors (Lipinski definition) is 2. The van der Waals surface area contributed by atoms with Crippen LogP contribution in [0.2, 0.25) is 0 Å². The quantitative estimate of drug-likeness (QED) is 0.0408. The van der Waals surface area contributed by atoms with E-state index in [9.17, 15) is 19.2 Å². The lowest BCUT2D eigenvalue weighted by molar-refractivity contribution is -0.140. The minimum atomic E-state index is -1.08. The van der Waals surface area contributed by atoms with Crippen LogP contribution in [-0.2, 0) is 28.7 Å². The zero-order chi connectivity index (χ0) is 36.1. The SMILES string of the molecule is CCCCCCCCOC(=O)/C(=C\C(=O)O)CCCCCCCC.CCCCCCCCOC(=O)/C(=C\C(=O)O)CCCCCCCC. The number of carbonyl (C=O) groups is 4. The normalized spacial score (nSPS) is 11.5.